The first kappa shape index (κ1) is 15.6. The highest BCUT2D eigenvalue weighted by molar-refractivity contribution is 5.86. The Hall–Kier alpha value is -2.83. The summed E-state index contributed by atoms with van der Waals surface area (Å²) in [5.74, 6) is -1.65. The molecule has 0 atom stereocenters. The van der Waals surface area contributed by atoms with E-state index in [2.05, 4.69) is 0 Å². The maximum atomic E-state index is 12.0. The average Bonchev–Trinajstić information content (AvgIpc) is 2.42. The number of benzene rings is 1. The summed E-state index contributed by atoms with van der Waals surface area (Å²) in [5.41, 5.74) is 0.314. The van der Waals surface area contributed by atoms with Crippen molar-refractivity contribution in [3.63, 3.8) is 0 Å². The second kappa shape index (κ2) is 5.88. The number of rotatable bonds is 4. The van der Waals surface area contributed by atoms with Gasteiger partial charge < -0.3 is 19.5 Å². The van der Waals surface area contributed by atoms with E-state index in [0.29, 0.717) is 10.9 Å². The van der Waals surface area contributed by atoms with Crippen LogP contribution in [0.5, 0.6) is 5.75 Å². The number of phenolic OH excluding ortho intramolecular Hbond substituents is 1. The smallest absolute Gasteiger partial charge is 0.340 e. The molecule has 0 fully saturated rings. The molecular formula is C15H15NO6. The van der Waals surface area contributed by atoms with Crippen molar-refractivity contribution < 1.29 is 24.2 Å². The van der Waals surface area contributed by atoms with Crippen LogP contribution >= 0.6 is 0 Å². The first-order valence-electron chi connectivity index (χ1n) is 6.50. The molecule has 0 saturated carbocycles. The van der Waals surface area contributed by atoms with Crippen molar-refractivity contribution in [3.05, 3.63) is 39.7 Å². The number of carbonyl (C=O) groups is 2. The fraction of sp³-hybridized carbons (Fsp3) is 0.267. The molecule has 1 amide bonds. The van der Waals surface area contributed by atoms with Crippen LogP contribution in [0.4, 0.5) is 0 Å². The van der Waals surface area contributed by atoms with Gasteiger partial charge in [0.2, 0.25) is 5.91 Å². The number of aliphatic carboxylic acids is 1. The molecule has 0 aliphatic heterocycles. The van der Waals surface area contributed by atoms with Gasteiger partial charge in [0.05, 0.1) is 12.0 Å². The standard InChI is InChI=1S/C15H15NO6/c1-8-10-4-3-9(17)5-12(10)22-15(21)11(8)6-13(18)16(2)7-14(19)20/h3-5,17H,6-7H2,1-2H3,(H,19,20). The lowest BCUT2D eigenvalue weighted by Crippen LogP contribution is -2.34. The number of nitrogens with zero attached hydrogens (tertiary/aromatic N) is 1. The summed E-state index contributed by atoms with van der Waals surface area (Å²) in [7, 11) is 1.35. The highest BCUT2D eigenvalue weighted by atomic mass is 16.4. The monoisotopic (exact) mass is 305 g/mol. The molecule has 0 spiro atoms. The molecule has 2 aromatic rings. The van der Waals surface area contributed by atoms with Crippen molar-refractivity contribution >= 4 is 22.8 Å². The van der Waals surface area contributed by atoms with E-state index >= 15 is 0 Å². The number of carboxylic acid groups (broad SMARTS) is 1. The van der Waals surface area contributed by atoms with E-state index in [1.165, 1.54) is 19.2 Å². The molecule has 0 aliphatic carbocycles. The molecule has 0 aliphatic rings. The van der Waals surface area contributed by atoms with Gasteiger partial charge in [0.15, 0.2) is 0 Å². The zero-order valence-electron chi connectivity index (χ0n) is 12.1. The molecule has 2 N–H and O–H groups in total. The van der Waals surface area contributed by atoms with Gasteiger partial charge >= 0.3 is 11.6 Å². The summed E-state index contributed by atoms with van der Waals surface area (Å²) in [5, 5.41) is 18.7. The normalized spacial score (nSPS) is 10.6. The summed E-state index contributed by atoms with van der Waals surface area (Å²) in [4.78, 5) is 35.6. The number of aromatic hydroxyl groups is 1. The predicted molar refractivity (Wildman–Crippen MR) is 77.9 cm³/mol. The van der Waals surface area contributed by atoms with E-state index in [0.717, 1.165) is 4.90 Å². The molecular weight excluding hydrogens is 290 g/mol. The molecule has 1 aromatic heterocycles. The summed E-state index contributed by atoms with van der Waals surface area (Å²) in [6, 6.07) is 4.38. The summed E-state index contributed by atoms with van der Waals surface area (Å²) < 4.78 is 5.11. The Kier molecular flexibility index (Phi) is 4.16. The molecule has 7 heteroatoms. The molecule has 0 unspecified atom stereocenters. The van der Waals surface area contributed by atoms with Crippen molar-refractivity contribution in [1.82, 2.24) is 4.90 Å². The van der Waals surface area contributed by atoms with E-state index in [9.17, 15) is 19.5 Å². The zero-order valence-corrected chi connectivity index (χ0v) is 12.1. The first-order valence-corrected chi connectivity index (χ1v) is 6.50. The molecule has 2 rings (SSSR count). The SMILES string of the molecule is Cc1c(CC(=O)N(C)CC(=O)O)c(=O)oc2cc(O)ccc12. The van der Waals surface area contributed by atoms with E-state index < -0.39 is 24.0 Å². The van der Waals surface area contributed by atoms with Crippen LogP contribution in [0.3, 0.4) is 0 Å². The molecule has 7 nitrogen and oxygen atoms in total. The zero-order chi connectivity index (χ0) is 16.4. The van der Waals surface area contributed by atoms with Gasteiger partial charge in [-0.1, -0.05) is 0 Å². The third-order valence-electron chi connectivity index (χ3n) is 3.40. The number of amides is 1. The molecule has 0 bridgehead atoms. The van der Waals surface area contributed by atoms with Gasteiger partial charge in [-0.3, -0.25) is 9.59 Å². The van der Waals surface area contributed by atoms with Crippen LogP contribution < -0.4 is 5.63 Å². The molecule has 0 radical (unpaired) electrons. The fourth-order valence-electron chi connectivity index (χ4n) is 2.16. The van der Waals surface area contributed by atoms with Crippen molar-refractivity contribution in [2.75, 3.05) is 13.6 Å². The number of likely N-dealkylation sites (N-methyl/N-ethyl adjacent to an activating group) is 1. The second-order valence-corrected chi connectivity index (χ2v) is 4.99. The number of carbonyl (C=O) groups excluding carboxylic acids is 1. The van der Waals surface area contributed by atoms with Crippen LogP contribution in [-0.4, -0.2) is 40.6 Å². The Bertz CT molecular complexity index is 808. The summed E-state index contributed by atoms with van der Waals surface area (Å²) in [6.07, 6.45) is -0.241. The lowest BCUT2D eigenvalue weighted by Gasteiger charge is -2.15. The highest BCUT2D eigenvalue weighted by Crippen LogP contribution is 2.23. The van der Waals surface area contributed by atoms with Gasteiger partial charge in [0.1, 0.15) is 17.9 Å². The number of fused-ring (bicyclic) bond motifs is 1. The largest absolute Gasteiger partial charge is 0.508 e. The van der Waals surface area contributed by atoms with E-state index in [1.807, 2.05) is 0 Å². The molecule has 0 saturated heterocycles. The van der Waals surface area contributed by atoms with Gasteiger partial charge in [-0.15, -0.1) is 0 Å². The molecule has 22 heavy (non-hydrogen) atoms. The van der Waals surface area contributed by atoms with Gasteiger partial charge in [-0.2, -0.15) is 0 Å². The Labute approximate surface area is 125 Å². The van der Waals surface area contributed by atoms with Crippen LogP contribution in [-0.2, 0) is 16.0 Å². The van der Waals surface area contributed by atoms with Crippen LogP contribution in [0.15, 0.2) is 27.4 Å². The number of hydrogen-bond acceptors (Lipinski definition) is 5. The van der Waals surface area contributed by atoms with E-state index in [-0.39, 0.29) is 23.3 Å². The Morgan fingerprint density at radius 1 is 1.32 bits per heavy atom. The maximum Gasteiger partial charge on any atom is 0.340 e. The van der Waals surface area contributed by atoms with Crippen LogP contribution in [0, 0.1) is 6.92 Å². The van der Waals surface area contributed by atoms with Crippen molar-refractivity contribution in [2.45, 2.75) is 13.3 Å². The fourth-order valence-corrected chi connectivity index (χ4v) is 2.16. The van der Waals surface area contributed by atoms with Crippen molar-refractivity contribution in [2.24, 2.45) is 0 Å². The van der Waals surface area contributed by atoms with Gasteiger partial charge in [0.25, 0.3) is 0 Å². The van der Waals surface area contributed by atoms with Gasteiger partial charge in [-0.05, 0) is 24.6 Å². The minimum Gasteiger partial charge on any atom is -0.508 e. The number of hydrogen-bond donors (Lipinski definition) is 2. The predicted octanol–water partition coefficient (Wildman–Crippen LogP) is 0.893. The highest BCUT2D eigenvalue weighted by Gasteiger charge is 2.18. The summed E-state index contributed by atoms with van der Waals surface area (Å²) in [6.45, 7) is 1.24. The minimum absolute atomic E-state index is 0.0277. The van der Waals surface area contributed by atoms with Crippen LogP contribution in [0.2, 0.25) is 0 Å². The molecule has 1 heterocycles. The quantitative estimate of drug-likeness (QED) is 0.812. The second-order valence-electron chi connectivity index (χ2n) is 4.99. The Balaban J connectivity index is 2.40. The Morgan fingerprint density at radius 2 is 2.00 bits per heavy atom. The first-order chi connectivity index (χ1) is 10.3. The number of aryl methyl sites for hydroxylation is 1. The minimum atomic E-state index is -1.13. The van der Waals surface area contributed by atoms with Crippen LogP contribution in [0.1, 0.15) is 11.1 Å². The van der Waals surface area contributed by atoms with E-state index in [1.54, 1.807) is 13.0 Å². The lowest BCUT2D eigenvalue weighted by molar-refractivity contribution is -0.143. The van der Waals surface area contributed by atoms with Crippen LogP contribution in [0.25, 0.3) is 11.0 Å². The third kappa shape index (κ3) is 3.08. The average molecular weight is 305 g/mol. The van der Waals surface area contributed by atoms with E-state index in [4.69, 9.17) is 9.52 Å². The maximum absolute atomic E-state index is 12.0. The van der Waals surface area contributed by atoms with Crippen molar-refractivity contribution in [1.29, 1.82) is 0 Å². The topological polar surface area (TPSA) is 108 Å². The molecule has 1 aromatic carbocycles. The molecule has 116 valence electrons. The van der Waals surface area contributed by atoms with Gasteiger partial charge in [-0.25, -0.2) is 4.79 Å². The number of carboxylic acids is 1. The lowest BCUT2D eigenvalue weighted by atomic mass is 10.0. The number of phenols is 1. The summed E-state index contributed by atoms with van der Waals surface area (Å²) >= 11 is 0. The third-order valence-corrected chi connectivity index (χ3v) is 3.40. The van der Waals surface area contributed by atoms with Gasteiger partial charge in [0, 0.05) is 18.5 Å². The van der Waals surface area contributed by atoms with Crippen molar-refractivity contribution in [3.8, 4) is 5.75 Å². The Morgan fingerprint density at radius 3 is 2.64 bits per heavy atom.